The van der Waals surface area contributed by atoms with E-state index in [4.69, 9.17) is 9.47 Å². The molecule has 27 heavy (non-hydrogen) atoms. The molecule has 2 aromatic carbocycles. The van der Waals surface area contributed by atoms with Crippen molar-refractivity contribution in [1.29, 1.82) is 0 Å². The van der Waals surface area contributed by atoms with Crippen molar-refractivity contribution in [2.24, 2.45) is 0 Å². The maximum atomic E-state index is 12.9. The van der Waals surface area contributed by atoms with Crippen LogP contribution in [0.2, 0.25) is 0 Å². The molecule has 1 heterocycles. The van der Waals surface area contributed by atoms with E-state index in [-0.39, 0.29) is 30.9 Å². The minimum Gasteiger partial charge on any atom is -0.497 e. The number of para-hydroxylation sites is 2. The number of fused-ring (bicyclic) bond motifs is 1. The molecule has 0 fully saturated rings. The van der Waals surface area contributed by atoms with Crippen molar-refractivity contribution < 1.29 is 23.9 Å². The van der Waals surface area contributed by atoms with E-state index < -0.39 is 0 Å². The third-order valence-electron chi connectivity index (χ3n) is 4.32. The molecule has 2 aromatic rings. The topological polar surface area (TPSA) is 84.9 Å². The Morgan fingerprint density at radius 2 is 2.07 bits per heavy atom. The number of anilines is 2. The van der Waals surface area contributed by atoms with Crippen LogP contribution in [-0.4, -0.2) is 37.9 Å². The molecule has 0 radical (unpaired) electrons. The van der Waals surface area contributed by atoms with E-state index in [9.17, 15) is 14.4 Å². The lowest BCUT2D eigenvalue weighted by Gasteiger charge is -2.27. The van der Waals surface area contributed by atoms with Crippen LogP contribution in [0.15, 0.2) is 42.5 Å². The van der Waals surface area contributed by atoms with Crippen LogP contribution in [0.25, 0.3) is 0 Å². The summed E-state index contributed by atoms with van der Waals surface area (Å²) in [7, 11) is 1.50. The van der Waals surface area contributed by atoms with Crippen LogP contribution < -0.4 is 19.7 Å². The number of methoxy groups -OCH3 is 1. The summed E-state index contributed by atoms with van der Waals surface area (Å²) in [6, 6.07) is 11.6. The van der Waals surface area contributed by atoms with E-state index in [0.717, 1.165) is 0 Å². The lowest BCUT2D eigenvalue weighted by Crippen LogP contribution is -2.41. The summed E-state index contributed by atoms with van der Waals surface area (Å²) in [5.41, 5.74) is 1.50. The van der Waals surface area contributed by atoms with E-state index >= 15 is 0 Å². The van der Waals surface area contributed by atoms with E-state index in [1.54, 1.807) is 47.4 Å². The van der Waals surface area contributed by atoms with Crippen molar-refractivity contribution >= 4 is 29.5 Å². The highest BCUT2D eigenvalue weighted by Crippen LogP contribution is 2.31. The number of benzene rings is 2. The van der Waals surface area contributed by atoms with Crippen molar-refractivity contribution in [1.82, 2.24) is 0 Å². The van der Waals surface area contributed by atoms with Crippen LogP contribution in [-0.2, 0) is 9.59 Å². The molecule has 0 aromatic heterocycles. The zero-order valence-electron chi connectivity index (χ0n) is 15.1. The van der Waals surface area contributed by atoms with E-state index in [0.29, 0.717) is 34.7 Å². The lowest BCUT2D eigenvalue weighted by molar-refractivity contribution is -0.121. The summed E-state index contributed by atoms with van der Waals surface area (Å²) in [5, 5.41) is 2.81. The van der Waals surface area contributed by atoms with Crippen LogP contribution >= 0.6 is 0 Å². The Morgan fingerprint density at radius 1 is 1.30 bits per heavy atom. The second-order valence-corrected chi connectivity index (χ2v) is 6.19. The third kappa shape index (κ3) is 3.92. The molecule has 7 nitrogen and oxygen atoms in total. The molecule has 0 saturated heterocycles. The average Bonchev–Trinajstić information content (AvgIpc) is 2.80. The standard InChI is InChI=1S/C20H20N2O5/c1-13-9-19(24)21-16-5-3-4-6-17(16)22(13)20(25)12-27-18-8-7-15(26-2)10-14(18)11-23/h3-8,10-11,13H,9,12H2,1-2H3,(H,21,24)/t13-/m1/s1. The Labute approximate surface area is 156 Å². The SMILES string of the molecule is COc1ccc(OCC(=O)N2c3ccccc3NC(=O)C[C@H]2C)c(C=O)c1. The van der Waals surface area contributed by atoms with Gasteiger partial charge in [-0.05, 0) is 37.3 Å². The Kier molecular flexibility index (Phi) is 5.40. The molecule has 0 spiro atoms. The Balaban J connectivity index is 1.81. The number of aldehydes is 1. The molecule has 140 valence electrons. The molecule has 0 bridgehead atoms. The molecule has 1 N–H and O–H groups in total. The second-order valence-electron chi connectivity index (χ2n) is 6.19. The number of hydrogen-bond donors (Lipinski definition) is 1. The van der Waals surface area contributed by atoms with Crippen molar-refractivity contribution in [2.75, 3.05) is 23.9 Å². The van der Waals surface area contributed by atoms with Crippen molar-refractivity contribution in [3.8, 4) is 11.5 Å². The van der Waals surface area contributed by atoms with E-state index in [1.165, 1.54) is 7.11 Å². The first-order valence-corrected chi connectivity index (χ1v) is 8.50. The Bertz CT molecular complexity index is 880. The third-order valence-corrected chi connectivity index (χ3v) is 4.32. The second kappa shape index (κ2) is 7.90. The van der Waals surface area contributed by atoms with Gasteiger partial charge in [0.25, 0.3) is 5.91 Å². The number of rotatable bonds is 5. The fourth-order valence-electron chi connectivity index (χ4n) is 3.05. The monoisotopic (exact) mass is 368 g/mol. The van der Waals surface area contributed by atoms with Crippen LogP contribution in [0.3, 0.4) is 0 Å². The fraction of sp³-hybridized carbons (Fsp3) is 0.250. The number of ether oxygens (including phenoxy) is 2. The minimum absolute atomic E-state index is 0.149. The van der Waals surface area contributed by atoms with Gasteiger partial charge in [-0.3, -0.25) is 14.4 Å². The highest BCUT2D eigenvalue weighted by Gasteiger charge is 2.29. The first-order valence-electron chi connectivity index (χ1n) is 8.50. The zero-order valence-corrected chi connectivity index (χ0v) is 15.1. The summed E-state index contributed by atoms with van der Waals surface area (Å²) < 4.78 is 10.7. The van der Waals surface area contributed by atoms with Gasteiger partial charge >= 0.3 is 0 Å². The molecule has 0 saturated carbocycles. The molecule has 0 unspecified atom stereocenters. The van der Waals surface area contributed by atoms with Gasteiger partial charge < -0.3 is 19.7 Å². The molecule has 3 rings (SSSR count). The van der Waals surface area contributed by atoms with Gasteiger partial charge in [-0.1, -0.05) is 12.1 Å². The van der Waals surface area contributed by atoms with Gasteiger partial charge in [-0.25, -0.2) is 0 Å². The van der Waals surface area contributed by atoms with Crippen LogP contribution in [0, 0.1) is 0 Å². The summed E-state index contributed by atoms with van der Waals surface area (Å²) >= 11 is 0. The normalized spacial score (nSPS) is 16.0. The molecular weight excluding hydrogens is 348 g/mol. The Morgan fingerprint density at radius 3 is 2.81 bits per heavy atom. The van der Waals surface area contributed by atoms with Gasteiger partial charge in [0.15, 0.2) is 12.9 Å². The zero-order chi connectivity index (χ0) is 19.4. The van der Waals surface area contributed by atoms with Gasteiger partial charge in [0.05, 0.1) is 24.0 Å². The minimum atomic E-state index is -0.328. The number of carbonyl (C=O) groups excluding carboxylic acids is 3. The Hall–Kier alpha value is -3.35. The molecule has 1 aliphatic rings. The molecule has 7 heteroatoms. The first-order chi connectivity index (χ1) is 13.0. The van der Waals surface area contributed by atoms with Crippen molar-refractivity contribution in [3.05, 3.63) is 48.0 Å². The van der Waals surface area contributed by atoms with Crippen molar-refractivity contribution in [2.45, 2.75) is 19.4 Å². The average molecular weight is 368 g/mol. The van der Waals surface area contributed by atoms with E-state index in [2.05, 4.69) is 5.32 Å². The maximum Gasteiger partial charge on any atom is 0.265 e. The van der Waals surface area contributed by atoms with Gasteiger partial charge in [0.2, 0.25) is 5.91 Å². The van der Waals surface area contributed by atoms with E-state index in [1.807, 2.05) is 6.92 Å². The summed E-state index contributed by atoms with van der Waals surface area (Å²) in [5.74, 6) is 0.364. The summed E-state index contributed by atoms with van der Waals surface area (Å²) in [4.78, 5) is 37.7. The highest BCUT2D eigenvalue weighted by atomic mass is 16.5. The number of nitrogens with zero attached hydrogens (tertiary/aromatic N) is 1. The fourth-order valence-corrected chi connectivity index (χ4v) is 3.05. The number of carbonyl (C=O) groups is 3. The summed E-state index contributed by atoms with van der Waals surface area (Å²) in [6.45, 7) is 1.55. The summed E-state index contributed by atoms with van der Waals surface area (Å²) in [6.07, 6.45) is 0.831. The largest absolute Gasteiger partial charge is 0.497 e. The molecule has 1 aliphatic heterocycles. The van der Waals surface area contributed by atoms with Gasteiger partial charge in [0.1, 0.15) is 11.5 Å². The predicted molar refractivity (Wildman–Crippen MR) is 101 cm³/mol. The lowest BCUT2D eigenvalue weighted by atomic mass is 10.1. The smallest absolute Gasteiger partial charge is 0.265 e. The molecular formula is C20H20N2O5. The number of nitrogens with one attached hydrogen (secondary N) is 1. The number of hydrogen-bond acceptors (Lipinski definition) is 5. The molecule has 1 atom stereocenters. The van der Waals surface area contributed by atoms with Crippen molar-refractivity contribution in [3.63, 3.8) is 0 Å². The van der Waals surface area contributed by atoms with Gasteiger partial charge in [-0.2, -0.15) is 0 Å². The first kappa shape index (κ1) is 18.4. The molecule has 2 amide bonds. The number of amides is 2. The molecule has 0 aliphatic carbocycles. The quantitative estimate of drug-likeness (QED) is 0.820. The highest BCUT2D eigenvalue weighted by molar-refractivity contribution is 6.04. The van der Waals surface area contributed by atoms with Crippen LogP contribution in [0.5, 0.6) is 11.5 Å². The van der Waals surface area contributed by atoms with Gasteiger partial charge in [-0.15, -0.1) is 0 Å². The maximum absolute atomic E-state index is 12.9. The predicted octanol–water partition coefficient (Wildman–Crippen LogP) is 2.65. The van der Waals surface area contributed by atoms with Crippen LogP contribution in [0.1, 0.15) is 23.7 Å². The van der Waals surface area contributed by atoms with Crippen LogP contribution in [0.4, 0.5) is 11.4 Å². The van der Waals surface area contributed by atoms with Gasteiger partial charge in [0, 0.05) is 12.5 Å².